The van der Waals surface area contributed by atoms with E-state index in [-0.39, 0.29) is 29.4 Å². The van der Waals surface area contributed by atoms with Gasteiger partial charge in [0, 0.05) is 19.2 Å². The minimum Gasteiger partial charge on any atom is -0.549 e. The molecule has 7 heteroatoms. The standard InChI is InChI=1S/C9H9ClN2O4/c10-7-2-1-3-8(12(15)16)6(7)4-11-5-9(13)14/h1-3,11H,4-5H2,(H,13,14)/p-1. The molecule has 16 heavy (non-hydrogen) atoms. The van der Waals surface area contributed by atoms with Crippen molar-refractivity contribution in [3.05, 3.63) is 38.9 Å². The Morgan fingerprint density at radius 2 is 2.19 bits per heavy atom. The molecule has 1 rings (SSSR count). The summed E-state index contributed by atoms with van der Waals surface area (Å²) in [4.78, 5) is 20.2. The van der Waals surface area contributed by atoms with Crippen LogP contribution in [0.15, 0.2) is 18.2 Å². The van der Waals surface area contributed by atoms with Crippen LogP contribution >= 0.6 is 11.6 Å². The Morgan fingerprint density at radius 1 is 1.50 bits per heavy atom. The number of carbonyl (C=O) groups is 1. The number of halogens is 1. The van der Waals surface area contributed by atoms with Gasteiger partial charge in [-0.1, -0.05) is 17.7 Å². The van der Waals surface area contributed by atoms with Crippen molar-refractivity contribution in [1.82, 2.24) is 5.32 Å². The van der Waals surface area contributed by atoms with Gasteiger partial charge < -0.3 is 15.2 Å². The molecule has 0 radical (unpaired) electrons. The lowest BCUT2D eigenvalue weighted by Gasteiger charge is -2.07. The van der Waals surface area contributed by atoms with Crippen LogP contribution in [0, 0.1) is 10.1 Å². The fraction of sp³-hybridized carbons (Fsp3) is 0.222. The molecule has 0 unspecified atom stereocenters. The number of aliphatic carboxylic acids is 1. The molecule has 1 aromatic carbocycles. The van der Waals surface area contributed by atoms with Gasteiger partial charge in [-0.25, -0.2) is 0 Å². The van der Waals surface area contributed by atoms with Gasteiger partial charge in [-0.3, -0.25) is 10.1 Å². The highest BCUT2D eigenvalue weighted by atomic mass is 35.5. The highest BCUT2D eigenvalue weighted by Gasteiger charge is 2.15. The highest BCUT2D eigenvalue weighted by Crippen LogP contribution is 2.25. The number of carboxylic acids is 1. The van der Waals surface area contributed by atoms with Crippen molar-refractivity contribution in [2.45, 2.75) is 6.54 Å². The third-order valence-electron chi connectivity index (χ3n) is 1.86. The average molecular weight is 244 g/mol. The number of rotatable bonds is 5. The Balaban J connectivity index is 2.84. The average Bonchev–Trinajstić information content (AvgIpc) is 2.19. The fourth-order valence-corrected chi connectivity index (χ4v) is 1.42. The summed E-state index contributed by atoms with van der Waals surface area (Å²) >= 11 is 5.78. The quantitative estimate of drug-likeness (QED) is 0.584. The molecule has 0 saturated heterocycles. The van der Waals surface area contributed by atoms with Crippen molar-refractivity contribution in [1.29, 1.82) is 0 Å². The van der Waals surface area contributed by atoms with Crippen LogP contribution < -0.4 is 10.4 Å². The maximum Gasteiger partial charge on any atom is 0.275 e. The largest absolute Gasteiger partial charge is 0.549 e. The Hall–Kier alpha value is -1.66. The third kappa shape index (κ3) is 3.18. The summed E-state index contributed by atoms with van der Waals surface area (Å²) < 4.78 is 0. The van der Waals surface area contributed by atoms with Crippen LogP contribution in [-0.2, 0) is 11.3 Å². The first-order valence-corrected chi connectivity index (χ1v) is 4.72. The summed E-state index contributed by atoms with van der Waals surface area (Å²) in [5.41, 5.74) is 0.119. The minimum atomic E-state index is -1.28. The number of hydrogen-bond donors (Lipinski definition) is 1. The van der Waals surface area contributed by atoms with Crippen LogP contribution in [-0.4, -0.2) is 17.4 Å². The molecular weight excluding hydrogens is 236 g/mol. The number of nitrogens with one attached hydrogen (secondary N) is 1. The molecule has 6 nitrogen and oxygen atoms in total. The number of carboxylic acid groups (broad SMARTS) is 1. The number of carbonyl (C=O) groups excluding carboxylic acids is 1. The van der Waals surface area contributed by atoms with E-state index in [9.17, 15) is 20.0 Å². The molecule has 1 aromatic rings. The van der Waals surface area contributed by atoms with Crippen LogP contribution in [0.2, 0.25) is 5.02 Å². The van der Waals surface area contributed by atoms with E-state index in [1.807, 2.05) is 0 Å². The third-order valence-corrected chi connectivity index (χ3v) is 2.22. The molecule has 0 aliphatic rings. The zero-order valence-corrected chi connectivity index (χ0v) is 8.86. The Labute approximate surface area is 96.0 Å². The molecule has 0 fully saturated rings. The normalized spacial score (nSPS) is 10.1. The lowest BCUT2D eigenvalue weighted by molar-refractivity contribution is -0.385. The summed E-state index contributed by atoms with van der Waals surface area (Å²) in [5, 5.41) is 23.5. The molecule has 0 aliphatic carbocycles. The summed E-state index contributed by atoms with van der Waals surface area (Å²) in [7, 11) is 0. The summed E-state index contributed by atoms with van der Waals surface area (Å²) in [6.07, 6.45) is 0. The summed E-state index contributed by atoms with van der Waals surface area (Å²) in [5.74, 6) is -1.28. The van der Waals surface area contributed by atoms with Crippen molar-refractivity contribution in [2.24, 2.45) is 0 Å². The van der Waals surface area contributed by atoms with E-state index in [4.69, 9.17) is 11.6 Å². The predicted molar refractivity (Wildman–Crippen MR) is 54.8 cm³/mol. The van der Waals surface area contributed by atoms with Gasteiger partial charge in [0.2, 0.25) is 0 Å². The number of nitrogens with zero attached hydrogens (tertiary/aromatic N) is 1. The highest BCUT2D eigenvalue weighted by molar-refractivity contribution is 6.31. The Bertz CT molecular complexity index is 422. The van der Waals surface area contributed by atoms with E-state index in [0.29, 0.717) is 0 Å². The van der Waals surface area contributed by atoms with E-state index in [1.165, 1.54) is 18.2 Å². The Kier molecular flexibility index (Phi) is 4.21. The molecule has 0 heterocycles. The van der Waals surface area contributed by atoms with Gasteiger partial charge in [0.1, 0.15) is 0 Å². The molecule has 0 saturated carbocycles. The number of benzene rings is 1. The minimum absolute atomic E-state index is 0.00394. The Morgan fingerprint density at radius 3 is 2.75 bits per heavy atom. The first kappa shape index (κ1) is 12.4. The van der Waals surface area contributed by atoms with E-state index in [0.717, 1.165) is 0 Å². The number of nitro groups is 1. The number of nitro benzene ring substituents is 1. The fourth-order valence-electron chi connectivity index (χ4n) is 1.18. The molecule has 1 N–H and O–H groups in total. The van der Waals surface area contributed by atoms with Crippen LogP contribution in [0.5, 0.6) is 0 Å². The van der Waals surface area contributed by atoms with E-state index >= 15 is 0 Å². The topological polar surface area (TPSA) is 95.3 Å². The van der Waals surface area contributed by atoms with Crippen molar-refractivity contribution in [3.8, 4) is 0 Å². The van der Waals surface area contributed by atoms with Crippen molar-refractivity contribution in [2.75, 3.05) is 6.54 Å². The van der Waals surface area contributed by atoms with Crippen LogP contribution in [0.4, 0.5) is 5.69 Å². The van der Waals surface area contributed by atoms with Gasteiger partial charge in [-0.05, 0) is 6.07 Å². The summed E-state index contributed by atoms with van der Waals surface area (Å²) in [6.45, 7) is -0.383. The molecule has 0 spiro atoms. The maximum atomic E-state index is 10.7. The second kappa shape index (κ2) is 5.43. The van der Waals surface area contributed by atoms with Crippen LogP contribution in [0.25, 0.3) is 0 Å². The van der Waals surface area contributed by atoms with E-state index in [2.05, 4.69) is 5.32 Å². The molecule has 86 valence electrons. The van der Waals surface area contributed by atoms with Crippen LogP contribution in [0.3, 0.4) is 0 Å². The lowest BCUT2D eigenvalue weighted by atomic mass is 10.2. The molecular formula is C9H8ClN2O4-. The van der Waals surface area contributed by atoms with Gasteiger partial charge in [-0.2, -0.15) is 0 Å². The number of hydrogen-bond acceptors (Lipinski definition) is 5. The molecule has 0 amide bonds. The van der Waals surface area contributed by atoms with Gasteiger partial charge in [0.15, 0.2) is 0 Å². The monoisotopic (exact) mass is 243 g/mol. The van der Waals surface area contributed by atoms with Gasteiger partial charge >= 0.3 is 0 Å². The predicted octanol–water partition coefficient (Wildman–Crippen LogP) is 0.0877. The van der Waals surface area contributed by atoms with Gasteiger partial charge in [0.05, 0.1) is 21.5 Å². The smallest absolute Gasteiger partial charge is 0.275 e. The molecule has 0 aromatic heterocycles. The molecule has 0 bridgehead atoms. The lowest BCUT2D eigenvalue weighted by Crippen LogP contribution is -2.34. The molecule has 0 aliphatic heterocycles. The molecule has 0 atom stereocenters. The second-order valence-corrected chi connectivity index (χ2v) is 3.38. The first-order valence-electron chi connectivity index (χ1n) is 4.34. The summed E-state index contributed by atoms with van der Waals surface area (Å²) in [6, 6.07) is 4.27. The van der Waals surface area contributed by atoms with E-state index in [1.54, 1.807) is 0 Å². The van der Waals surface area contributed by atoms with Crippen LogP contribution in [0.1, 0.15) is 5.56 Å². The van der Waals surface area contributed by atoms with Crippen molar-refractivity contribution < 1.29 is 14.8 Å². The second-order valence-electron chi connectivity index (χ2n) is 2.97. The van der Waals surface area contributed by atoms with Crippen molar-refractivity contribution >= 4 is 23.3 Å². The van der Waals surface area contributed by atoms with Gasteiger partial charge in [0.25, 0.3) is 5.69 Å². The van der Waals surface area contributed by atoms with E-state index < -0.39 is 10.9 Å². The SMILES string of the molecule is O=C([O-])CNCc1c(Cl)cccc1[N+](=O)[O-]. The zero-order valence-electron chi connectivity index (χ0n) is 8.10. The zero-order chi connectivity index (χ0) is 12.1. The van der Waals surface area contributed by atoms with Gasteiger partial charge in [-0.15, -0.1) is 0 Å². The van der Waals surface area contributed by atoms with Crippen molar-refractivity contribution in [3.63, 3.8) is 0 Å². The maximum absolute atomic E-state index is 10.7. The first-order chi connectivity index (χ1) is 7.52.